The van der Waals surface area contributed by atoms with E-state index in [1.54, 1.807) is 6.92 Å². The van der Waals surface area contributed by atoms with Gasteiger partial charge in [0.2, 0.25) is 0 Å². The molecule has 1 aliphatic carbocycles. The maximum atomic E-state index is 11.3. The van der Waals surface area contributed by atoms with E-state index in [0.29, 0.717) is 12.0 Å². The minimum absolute atomic E-state index is 0.0800. The number of carbonyl (C=O) groups excluding carboxylic acids is 1. The van der Waals surface area contributed by atoms with Crippen molar-refractivity contribution in [2.24, 2.45) is 5.92 Å². The van der Waals surface area contributed by atoms with Crippen LogP contribution in [0.3, 0.4) is 0 Å². The third-order valence-corrected chi connectivity index (χ3v) is 4.60. The summed E-state index contributed by atoms with van der Waals surface area (Å²) in [6.07, 6.45) is 6.48. The van der Waals surface area contributed by atoms with Crippen LogP contribution in [-0.4, -0.2) is 11.9 Å². The molecule has 0 saturated heterocycles. The molecule has 104 valence electrons. The average Bonchev–Trinajstić information content (AvgIpc) is 2.41. The van der Waals surface area contributed by atoms with Crippen LogP contribution in [0.1, 0.15) is 56.3 Å². The molecule has 0 amide bonds. The van der Waals surface area contributed by atoms with Gasteiger partial charge in [-0.2, -0.15) is 0 Å². The number of Topliss-reactive ketones (excluding diaryl/α,β-unsaturated/α-hetero) is 1. The second kappa shape index (κ2) is 6.56. The van der Waals surface area contributed by atoms with Gasteiger partial charge >= 0.3 is 0 Å². The van der Waals surface area contributed by atoms with Crippen molar-refractivity contribution in [2.45, 2.75) is 52.1 Å². The van der Waals surface area contributed by atoms with Crippen LogP contribution in [-0.2, 0) is 0 Å². The fraction of sp³-hybridized carbons (Fsp3) is 0.562. The first kappa shape index (κ1) is 14.6. The molecule has 0 spiro atoms. The summed E-state index contributed by atoms with van der Waals surface area (Å²) in [4.78, 5) is 11.3. The van der Waals surface area contributed by atoms with Crippen molar-refractivity contribution < 1.29 is 9.53 Å². The third-order valence-electron chi connectivity index (χ3n) is 3.98. The van der Waals surface area contributed by atoms with Crippen molar-refractivity contribution in [3.05, 3.63) is 28.2 Å². The highest BCUT2D eigenvalue weighted by molar-refractivity contribution is 9.10. The molecule has 1 saturated carbocycles. The van der Waals surface area contributed by atoms with Gasteiger partial charge in [-0.05, 0) is 72.7 Å². The summed E-state index contributed by atoms with van der Waals surface area (Å²) in [7, 11) is 0. The lowest BCUT2D eigenvalue weighted by atomic mass is 9.85. The zero-order chi connectivity index (χ0) is 13.8. The van der Waals surface area contributed by atoms with Gasteiger partial charge in [0.15, 0.2) is 5.78 Å². The number of halogens is 1. The van der Waals surface area contributed by atoms with Gasteiger partial charge in [-0.25, -0.2) is 0 Å². The number of rotatable bonds is 4. The monoisotopic (exact) mass is 324 g/mol. The Bertz CT molecular complexity index is 456. The van der Waals surface area contributed by atoms with E-state index in [4.69, 9.17) is 4.74 Å². The Morgan fingerprint density at radius 1 is 1.37 bits per heavy atom. The molecule has 2 rings (SSSR count). The van der Waals surface area contributed by atoms with E-state index in [1.165, 1.54) is 25.7 Å². The Morgan fingerprint density at radius 3 is 2.74 bits per heavy atom. The van der Waals surface area contributed by atoms with Crippen molar-refractivity contribution >= 4 is 21.7 Å². The molecule has 1 aliphatic rings. The number of ketones is 1. The van der Waals surface area contributed by atoms with Gasteiger partial charge in [0.05, 0.1) is 4.47 Å². The zero-order valence-corrected chi connectivity index (χ0v) is 13.2. The Morgan fingerprint density at radius 2 is 2.11 bits per heavy atom. The average molecular weight is 325 g/mol. The molecule has 3 heteroatoms. The van der Waals surface area contributed by atoms with Gasteiger partial charge in [0.25, 0.3) is 0 Å². The summed E-state index contributed by atoms with van der Waals surface area (Å²) in [5.41, 5.74) is 0.718. The van der Waals surface area contributed by atoms with Crippen molar-refractivity contribution in [2.75, 3.05) is 0 Å². The highest BCUT2D eigenvalue weighted by atomic mass is 79.9. The molecular formula is C16H21BrO2. The van der Waals surface area contributed by atoms with E-state index >= 15 is 0 Å². The van der Waals surface area contributed by atoms with Crippen LogP contribution in [0.25, 0.3) is 0 Å². The van der Waals surface area contributed by atoms with Crippen LogP contribution in [0.5, 0.6) is 5.75 Å². The fourth-order valence-corrected chi connectivity index (χ4v) is 3.25. The molecule has 0 heterocycles. The Balaban J connectivity index is 2.11. The molecule has 2 nitrogen and oxygen atoms in total. The lowest BCUT2D eigenvalue weighted by Crippen LogP contribution is -2.30. The van der Waals surface area contributed by atoms with Crippen molar-refractivity contribution in [1.29, 1.82) is 0 Å². The van der Waals surface area contributed by atoms with Crippen LogP contribution in [0, 0.1) is 5.92 Å². The van der Waals surface area contributed by atoms with E-state index in [-0.39, 0.29) is 5.78 Å². The summed E-state index contributed by atoms with van der Waals surface area (Å²) < 4.78 is 7.04. The first-order valence-electron chi connectivity index (χ1n) is 7.09. The standard InChI is InChI=1S/C16H21BrO2/c1-3-12-6-4-5-7-15(12)19-16-9-8-13(11(2)18)10-14(16)17/h8-10,12,15H,3-7H2,1-2H3. The molecule has 0 radical (unpaired) electrons. The predicted molar refractivity (Wildman–Crippen MR) is 80.8 cm³/mol. The van der Waals surface area contributed by atoms with Gasteiger partial charge in [-0.15, -0.1) is 0 Å². The zero-order valence-electron chi connectivity index (χ0n) is 11.6. The minimum Gasteiger partial charge on any atom is -0.489 e. The topological polar surface area (TPSA) is 26.3 Å². The number of hydrogen-bond acceptors (Lipinski definition) is 2. The molecule has 0 aliphatic heterocycles. The van der Waals surface area contributed by atoms with E-state index in [9.17, 15) is 4.79 Å². The SMILES string of the molecule is CCC1CCCCC1Oc1ccc(C(C)=O)cc1Br. The predicted octanol–water partition coefficient (Wildman–Crippen LogP) is 5.00. The molecule has 0 N–H and O–H groups in total. The van der Waals surface area contributed by atoms with Gasteiger partial charge < -0.3 is 4.74 Å². The fourth-order valence-electron chi connectivity index (χ4n) is 2.77. The van der Waals surface area contributed by atoms with Crippen LogP contribution in [0.2, 0.25) is 0 Å². The summed E-state index contributed by atoms with van der Waals surface area (Å²) in [5, 5.41) is 0. The quantitative estimate of drug-likeness (QED) is 0.728. The molecule has 1 fully saturated rings. The Kier molecular flexibility index (Phi) is 5.03. The van der Waals surface area contributed by atoms with Crippen molar-refractivity contribution in [1.82, 2.24) is 0 Å². The maximum absolute atomic E-state index is 11.3. The molecule has 0 bridgehead atoms. The van der Waals surface area contributed by atoms with E-state index in [2.05, 4.69) is 22.9 Å². The highest BCUT2D eigenvalue weighted by Crippen LogP contribution is 2.33. The Hall–Kier alpha value is -0.830. The second-order valence-corrected chi connectivity index (χ2v) is 6.16. The molecular weight excluding hydrogens is 304 g/mol. The molecule has 0 aromatic heterocycles. The summed E-state index contributed by atoms with van der Waals surface area (Å²) >= 11 is 3.51. The van der Waals surface area contributed by atoms with Crippen molar-refractivity contribution in [3.63, 3.8) is 0 Å². The lowest BCUT2D eigenvalue weighted by Gasteiger charge is -2.31. The summed E-state index contributed by atoms with van der Waals surface area (Å²) in [6.45, 7) is 3.82. The lowest BCUT2D eigenvalue weighted by molar-refractivity contribution is 0.0896. The molecule has 2 atom stereocenters. The normalized spacial score (nSPS) is 23.1. The third kappa shape index (κ3) is 3.59. The van der Waals surface area contributed by atoms with Gasteiger partial charge in [-0.1, -0.05) is 13.3 Å². The van der Waals surface area contributed by atoms with Gasteiger partial charge in [0.1, 0.15) is 11.9 Å². The second-order valence-electron chi connectivity index (χ2n) is 5.31. The van der Waals surface area contributed by atoms with Crippen LogP contribution in [0.4, 0.5) is 0 Å². The van der Waals surface area contributed by atoms with E-state index in [1.807, 2.05) is 18.2 Å². The molecule has 1 aromatic rings. The summed E-state index contributed by atoms with van der Waals surface area (Å²) in [6, 6.07) is 5.59. The molecule has 2 unspecified atom stereocenters. The summed E-state index contributed by atoms with van der Waals surface area (Å²) in [5.74, 6) is 1.60. The van der Waals surface area contributed by atoms with Crippen molar-refractivity contribution in [3.8, 4) is 5.75 Å². The van der Waals surface area contributed by atoms with Crippen LogP contribution < -0.4 is 4.74 Å². The number of hydrogen-bond donors (Lipinski definition) is 0. The molecule has 1 aromatic carbocycles. The first-order valence-corrected chi connectivity index (χ1v) is 7.88. The highest BCUT2D eigenvalue weighted by Gasteiger charge is 2.25. The van der Waals surface area contributed by atoms with Crippen LogP contribution >= 0.6 is 15.9 Å². The largest absolute Gasteiger partial charge is 0.489 e. The number of benzene rings is 1. The van der Waals surface area contributed by atoms with Gasteiger partial charge in [0, 0.05) is 5.56 Å². The number of ether oxygens (including phenoxy) is 1. The molecule has 19 heavy (non-hydrogen) atoms. The van der Waals surface area contributed by atoms with Crippen LogP contribution in [0.15, 0.2) is 22.7 Å². The Labute approximate surface area is 123 Å². The van der Waals surface area contributed by atoms with Gasteiger partial charge in [-0.3, -0.25) is 4.79 Å². The maximum Gasteiger partial charge on any atom is 0.159 e. The first-order chi connectivity index (χ1) is 9.11. The number of carbonyl (C=O) groups is 1. The smallest absolute Gasteiger partial charge is 0.159 e. The van der Waals surface area contributed by atoms with E-state index < -0.39 is 0 Å². The minimum atomic E-state index is 0.0800. The van der Waals surface area contributed by atoms with E-state index in [0.717, 1.165) is 22.2 Å².